The minimum atomic E-state index is -0.0496. The first-order valence-corrected chi connectivity index (χ1v) is 11.3. The second-order valence-electron chi connectivity index (χ2n) is 8.03. The lowest BCUT2D eigenvalue weighted by atomic mass is 10.1. The quantitative estimate of drug-likeness (QED) is 0.496. The molecule has 0 saturated heterocycles. The van der Waals surface area contributed by atoms with Gasteiger partial charge in [0.15, 0.2) is 11.5 Å². The van der Waals surface area contributed by atoms with Crippen LogP contribution in [0.2, 0.25) is 10.0 Å². The van der Waals surface area contributed by atoms with Gasteiger partial charge in [-0.25, -0.2) is 4.98 Å². The van der Waals surface area contributed by atoms with Gasteiger partial charge in [-0.3, -0.25) is 19.2 Å². The van der Waals surface area contributed by atoms with Gasteiger partial charge in [0.05, 0.1) is 27.6 Å². The van der Waals surface area contributed by atoms with E-state index < -0.39 is 0 Å². The summed E-state index contributed by atoms with van der Waals surface area (Å²) < 4.78 is 12.5. The molecule has 0 aliphatic carbocycles. The lowest BCUT2D eigenvalue weighted by Crippen LogP contribution is -2.48. The van der Waals surface area contributed by atoms with Crippen LogP contribution in [-0.2, 0) is 13.1 Å². The maximum Gasteiger partial charge on any atom is 0.259 e. The van der Waals surface area contributed by atoms with Crippen molar-refractivity contribution in [2.45, 2.75) is 26.9 Å². The van der Waals surface area contributed by atoms with Gasteiger partial charge in [-0.05, 0) is 56.2 Å². The smallest absolute Gasteiger partial charge is 0.259 e. The van der Waals surface area contributed by atoms with Crippen LogP contribution >= 0.6 is 23.2 Å². The average molecular weight is 489 g/mol. The van der Waals surface area contributed by atoms with E-state index in [-0.39, 0.29) is 5.56 Å². The number of rotatable bonds is 6. The van der Waals surface area contributed by atoms with E-state index in [9.17, 15) is 4.79 Å². The Labute approximate surface area is 203 Å². The van der Waals surface area contributed by atoms with E-state index in [2.05, 4.69) is 4.90 Å². The Kier molecular flexibility index (Phi) is 6.83. The summed E-state index contributed by atoms with van der Waals surface area (Å²) >= 11 is 12.6. The molecule has 2 aromatic carbocycles. The molecule has 0 spiro atoms. The highest BCUT2D eigenvalue weighted by atomic mass is 35.5. The Morgan fingerprint density at radius 3 is 2.33 bits per heavy atom. The highest BCUT2D eigenvalue weighted by Gasteiger charge is 2.27. The van der Waals surface area contributed by atoms with E-state index in [1.165, 1.54) is 0 Å². The molecule has 9 heteroatoms. The second kappa shape index (κ2) is 9.63. The van der Waals surface area contributed by atoms with Crippen LogP contribution < -0.4 is 19.9 Å². The molecule has 3 aromatic rings. The maximum atomic E-state index is 13.1. The molecule has 0 fully saturated rings. The van der Waals surface area contributed by atoms with E-state index >= 15 is 0 Å². The number of ether oxygens (including phenoxy) is 2. The summed E-state index contributed by atoms with van der Waals surface area (Å²) in [5, 5.41) is 1.05. The highest BCUT2D eigenvalue weighted by molar-refractivity contribution is 6.35. The fourth-order valence-electron chi connectivity index (χ4n) is 3.94. The van der Waals surface area contributed by atoms with Crippen molar-refractivity contribution in [3.8, 4) is 11.5 Å². The number of benzene rings is 2. The third-order valence-electron chi connectivity index (χ3n) is 5.87. The van der Waals surface area contributed by atoms with E-state index in [0.717, 1.165) is 24.2 Å². The number of aryl methyl sites for hydroxylation is 1. The van der Waals surface area contributed by atoms with Gasteiger partial charge in [-0.2, -0.15) is 0 Å². The summed E-state index contributed by atoms with van der Waals surface area (Å²) in [7, 11) is 3.25. The van der Waals surface area contributed by atoms with Crippen molar-refractivity contribution < 1.29 is 9.47 Å². The second-order valence-corrected chi connectivity index (χ2v) is 8.90. The van der Waals surface area contributed by atoms with Crippen LogP contribution in [0.1, 0.15) is 16.8 Å². The van der Waals surface area contributed by atoms with Crippen molar-refractivity contribution in [3.05, 3.63) is 73.6 Å². The zero-order valence-electron chi connectivity index (χ0n) is 19.1. The fraction of sp³-hybridized carbons (Fsp3) is 0.333. The number of halogens is 2. The van der Waals surface area contributed by atoms with Gasteiger partial charge in [0.25, 0.3) is 5.56 Å². The topological polar surface area (TPSA) is 59.8 Å². The van der Waals surface area contributed by atoms with Crippen molar-refractivity contribution >= 4 is 34.8 Å². The minimum absolute atomic E-state index is 0.0496. The Hall–Kier alpha value is -2.74. The van der Waals surface area contributed by atoms with E-state index in [4.69, 9.17) is 37.7 Å². The van der Waals surface area contributed by atoms with Crippen molar-refractivity contribution in [2.75, 3.05) is 32.3 Å². The van der Waals surface area contributed by atoms with Gasteiger partial charge in [-0.15, -0.1) is 0 Å². The van der Waals surface area contributed by atoms with Gasteiger partial charge in [0, 0.05) is 33.5 Å². The van der Waals surface area contributed by atoms with Crippen molar-refractivity contribution in [2.24, 2.45) is 0 Å². The number of hydrogen-bond acceptors (Lipinski definition) is 6. The van der Waals surface area contributed by atoms with Crippen LogP contribution in [0.3, 0.4) is 0 Å². The van der Waals surface area contributed by atoms with Gasteiger partial charge in [0.2, 0.25) is 5.95 Å². The molecular weight excluding hydrogens is 463 g/mol. The monoisotopic (exact) mass is 488 g/mol. The van der Waals surface area contributed by atoms with Crippen molar-refractivity contribution in [3.63, 3.8) is 0 Å². The Morgan fingerprint density at radius 2 is 1.67 bits per heavy atom. The molecule has 2 heterocycles. The number of fused-ring (bicyclic) bond motifs is 1. The van der Waals surface area contributed by atoms with Gasteiger partial charge < -0.3 is 9.47 Å². The molecule has 4 rings (SSSR count). The average Bonchev–Trinajstić information content (AvgIpc) is 2.80. The van der Waals surface area contributed by atoms with E-state index in [1.54, 1.807) is 31.8 Å². The lowest BCUT2D eigenvalue weighted by Gasteiger charge is -2.38. The van der Waals surface area contributed by atoms with Gasteiger partial charge in [-0.1, -0.05) is 29.3 Å². The minimum Gasteiger partial charge on any atom is -0.493 e. The Balaban J connectivity index is 1.66. The molecule has 7 nitrogen and oxygen atoms in total. The van der Waals surface area contributed by atoms with E-state index in [0.29, 0.717) is 52.1 Å². The molecule has 1 aliphatic heterocycles. The van der Waals surface area contributed by atoms with Crippen molar-refractivity contribution in [1.29, 1.82) is 0 Å². The SMILES string of the molecule is COc1ccc(CCN2CN(c3cc(Cl)cc(Cl)c3)c3nc(C)c(C)c(=O)n3C2)cc1OC. The maximum absolute atomic E-state index is 13.1. The summed E-state index contributed by atoms with van der Waals surface area (Å²) in [6.45, 7) is 5.36. The van der Waals surface area contributed by atoms with Gasteiger partial charge in [0.1, 0.15) is 0 Å². The molecular formula is C24H26Cl2N4O3. The molecule has 174 valence electrons. The van der Waals surface area contributed by atoms with Crippen LogP contribution in [0.4, 0.5) is 11.6 Å². The molecule has 0 saturated carbocycles. The van der Waals surface area contributed by atoms with Crippen LogP contribution in [0, 0.1) is 13.8 Å². The largest absolute Gasteiger partial charge is 0.493 e. The van der Waals surface area contributed by atoms with Crippen LogP contribution in [0.25, 0.3) is 0 Å². The van der Waals surface area contributed by atoms with Crippen molar-refractivity contribution in [1.82, 2.24) is 14.5 Å². The Morgan fingerprint density at radius 1 is 0.970 bits per heavy atom. The predicted octanol–water partition coefficient (Wildman–Crippen LogP) is 4.80. The van der Waals surface area contributed by atoms with Crippen LogP contribution in [0.5, 0.6) is 11.5 Å². The summed E-state index contributed by atoms with van der Waals surface area (Å²) in [4.78, 5) is 22.0. The first-order chi connectivity index (χ1) is 15.8. The molecule has 1 aromatic heterocycles. The molecule has 0 atom stereocenters. The van der Waals surface area contributed by atoms with Crippen LogP contribution in [0.15, 0.2) is 41.2 Å². The van der Waals surface area contributed by atoms with Gasteiger partial charge >= 0.3 is 0 Å². The number of hydrogen-bond donors (Lipinski definition) is 0. The molecule has 0 N–H and O–H groups in total. The number of nitrogens with zero attached hydrogens (tertiary/aromatic N) is 4. The zero-order valence-corrected chi connectivity index (χ0v) is 20.6. The molecule has 0 radical (unpaired) electrons. The molecule has 0 amide bonds. The Bertz CT molecular complexity index is 1220. The summed E-state index contributed by atoms with van der Waals surface area (Å²) in [6, 6.07) is 11.3. The fourth-order valence-corrected chi connectivity index (χ4v) is 4.46. The number of methoxy groups -OCH3 is 2. The normalized spacial score (nSPS) is 13.7. The first-order valence-electron chi connectivity index (χ1n) is 10.6. The summed E-state index contributed by atoms with van der Waals surface area (Å²) in [6.07, 6.45) is 0.771. The molecule has 0 bridgehead atoms. The number of aromatic nitrogens is 2. The number of anilines is 2. The summed E-state index contributed by atoms with van der Waals surface area (Å²) in [5.74, 6) is 1.98. The third kappa shape index (κ3) is 4.81. The molecule has 33 heavy (non-hydrogen) atoms. The highest BCUT2D eigenvalue weighted by Crippen LogP contribution is 2.32. The standard InChI is InChI=1S/C24H26Cl2N4O3/c1-15-16(2)27-24-29(20-11-18(25)10-19(26)12-20)13-28(14-30(24)23(15)31)8-7-17-5-6-21(32-3)22(9-17)33-4/h5-6,9-12H,7-8,13-14H2,1-4H3. The summed E-state index contributed by atoms with van der Waals surface area (Å²) in [5.41, 5.74) is 3.20. The molecule has 0 unspecified atom stereocenters. The zero-order chi connectivity index (χ0) is 23.7. The lowest BCUT2D eigenvalue weighted by molar-refractivity contribution is 0.200. The molecule has 1 aliphatic rings. The predicted molar refractivity (Wildman–Crippen MR) is 131 cm³/mol. The van der Waals surface area contributed by atoms with Crippen LogP contribution in [-0.4, -0.2) is 41.9 Å². The third-order valence-corrected chi connectivity index (χ3v) is 6.30. The first kappa shape index (κ1) is 23.4. The van der Waals surface area contributed by atoms with E-state index in [1.807, 2.05) is 42.2 Å².